The van der Waals surface area contributed by atoms with Gasteiger partial charge in [0.25, 0.3) is 0 Å². The lowest BCUT2D eigenvalue weighted by Crippen LogP contribution is -2.37. The minimum absolute atomic E-state index is 0.0543. The third-order valence-corrected chi connectivity index (χ3v) is 7.36. The lowest BCUT2D eigenvalue weighted by Gasteiger charge is -2.39. The maximum absolute atomic E-state index is 13.3. The molecular weight excluding hydrogens is 458 g/mol. The molecule has 0 spiro atoms. The molecule has 0 saturated heterocycles. The summed E-state index contributed by atoms with van der Waals surface area (Å²) in [6.07, 6.45) is 1.12. The van der Waals surface area contributed by atoms with Gasteiger partial charge in [-0.05, 0) is 48.1 Å². The van der Waals surface area contributed by atoms with Crippen LogP contribution in [0.1, 0.15) is 43.7 Å². The van der Waals surface area contributed by atoms with Gasteiger partial charge in [-0.25, -0.2) is 0 Å². The van der Waals surface area contributed by atoms with Gasteiger partial charge in [0.05, 0.1) is 35.5 Å². The molecule has 0 radical (unpaired) electrons. The van der Waals surface area contributed by atoms with Crippen molar-refractivity contribution in [2.75, 3.05) is 18.2 Å². The molecule has 0 fully saturated rings. The second-order valence-corrected chi connectivity index (χ2v) is 10.7. The summed E-state index contributed by atoms with van der Waals surface area (Å²) in [5.74, 6) is 0.262. The number of ether oxygens (including phenoxy) is 1. The molecule has 2 N–H and O–H groups in total. The first kappa shape index (κ1) is 24.6. The Balaban J connectivity index is 1.66. The van der Waals surface area contributed by atoms with Gasteiger partial charge >= 0.3 is 0 Å². The van der Waals surface area contributed by atoms with Crippen LogP contribution in [0.2, 0.25) is 0 Å². The molecule has 1 amide bonds. The Morgan fingerprint density at radius 1 is 1.20 bits per heavy atom. The van der Waals surface area contributed by atoms with E-state index in [1.807, 2.05) is 55.5 Å². The highest BCUT2D eigenvalue weighted by Gasteiger charge is 2.42. The smallest absolute Gasteiger partial charge is 0.234 e. The predicted octanol–water partition coefficient (Wildman–Crippen LogP) is 5.44. The highest BCUT2D eigenvalue weighted by molar-refractivity contribution is 8.03. The molecule has 1 aliphatic carbocycles. The number of benzene rings is 2. The van der Waals surface area contributed by atoms with Gasteiger partial charge in [-0.15, -0.1) is 0 Å². The van der Waals surface area contributed by atoms with Crippen molar-refractivity contribution < 1.29 is 14.3 Å². The minimum Gasteiger partial charge on any atom is -0.497 e. The molecule has 2 aliphatic rings. The summed E-state index contributed by atoms with van der Waals surface area (Å²) < 4.78 is 5.29. The van der Waals surface area contributed by atoms with Crippen molar-refractivity contribution >= 4 is 29.1 Å². The van der Waals surface area contributed by atoms with Crippen molar-refractivity contribution in [2.45, 2.75) is 39.5 Å². The Morgan fingerprint density at radius 2 is 1.91 bits per heavy atom. The van der Waals surface area contributed by atoms with Crippen LogP contribution in [0.4, 0.5) is 5.69 Å². The fourth-order valence-electron chi connectivity index (χ4n) is 4.66. The molecule has 1 aliphatic heterocycles. The van der Waals surface area contributed by atoms with E-state index in [-0.39, 0.29) is 22.9 Å². The maximum atomic E-state index is 13.3. The zero-order valence-electron chi connectivity index (χ0n) is 20.4. The zero-order valence-corrected chi connectivity index (χ0v) is 21.2. The highest BCUT2D eigenvalue weighted by atomic mass is 32.2. The van der Waals surface area contributed by atoms with E-state index in [1.54, 1.807) is 7.11 Å². The number of methoxy groups -OCH3 is 1. The largest absolute Gasteiger partial charge is 0.497 e. The van der Waals surface area contributed by atoms with Crippen LogP contribution in [0.15, 0.2) is 70.4 Å². The average Bonchev–Trinajstić information content (AvgIpc) is 2.82. The van der Waals surface area contributed by atoms with E-state index in [2.05, 4.69) is 30.6 Å². The molecule has 1 atom stereocenters. The second kappa shape index (κ2) is 10.0. The molecule has 4 rings (SSSR count). The number of allylic oxidation sites excluding steroid dienone is 3. The van der Waals surface area contributed by atoms with Crippen molar-refractivity contribution in [2.24, 2.45) is 5.41 Å². The van der Waals surface area contributed by atoms with Gasteiger partial charge in [0.2, 0.25) is 5.91 Å². The SMILES string of the molecule is COc1ccc([C@@H]2C(C#N)=C(SCC(=O)Nc3ccccc3C)NC3=C2C(=O)CC(C)(C)C3)cc1. The number of rotatable bonds is 6. The van der Waals surface area contributed by atoms with Crippen molar-refractivity contribution in [3.8, 4) is 11.8 Å². The number of ketones is 1. The number of dihydropyridines is 1. The van der Waals surface area contributed by atoms with Crippen molar-refractivity contribution in [1.82, 2.24) is 5.32 Å². The Bertz CT molecular complexity index is 1270. The molecule has 7 heteroatoms. The lowest BCUT2D eigenvalue weighted by molar-refractivity contribution is -0.118. The number of carbonyl (C=O) groups excluding carboxylic acids is 2. The quantitative estimate of drug-likeness (QED) is 0.564. The topological polar surface area (TPSA) is 91.2 Å². The van der Waals surface area contributed by atoms with Crippen LogP contribution in [0, 0.1) is 23.7 Å². The van der Waals surface area contributed by atoms with Gasteiger partial charge in [0, 0.05) is 23.4 Å². The van der Waals surface area contributed by atoms with E-state index < -0.39 is 5.92 Å². The molecule has 0 bridgehead atoms. The number of hydrogen-bond donors (Lipinski definition) is 2. The van der Waals surface area contributed by atoms with Crippen molar-refractivity contribution in [3.05, 3.63) is 81.5 Å². The van der Waals surface area contributed by atoms with Crippen LogP contribution < -0.4 is 15.4 Å². The Labute approximate surface area is 210 Å². The molecule has 35 heavy (non-hydrogen) atoms. The summed E-state index contributed by atoms with van der Waals surface area (Å²) in [6.45, 7) is 6.09. The van der Waals surface area contributed by atoms with Crippen LogP contribution in [0.5, 0.6) is 5.75 Å². The van der Waals surface area contributed by atoms with Gasteiger partial charge in [0.15, 0.2) is 5.78 Å². The van der Waals surface area contributed by atoms with E-state index >= 15 is 0 Å². The van der Waals surface area contributed by atoms with Crippen molar-refractivity contribution in [1.29, 1.82) is 5.26 Å². The number of aryl methyl sites for hydroxylation is 1. The minimum atomic E-state index is -0.479. The lowest BCUT2D eigenvalue weighted by atomic mass is 9.69. The summed E-state index contributed by atoms with van der Waals surface area (Å²) in [5, 5.41) is 17.1. The summed E-state index contributed by atoms with van der Waals surface area (Å²) >= 11 is 1.29. The third kappa shape index (κ3) is 5.28. The summed E-state index contributed by atoms with van der Waals surface area (Å²) in [6, 6.07) is 17.4. The van der Waals surface area contributed by atoms with Crippen LogP contribution in [-0.2, 0) is 9.59 Å². The van der Waals surface area contributed by atoms with Crippen LogP contribution in [-0.4, -0.2) is 24.6 Å². The number of anilines is 1. The van der Waals surface area contributed by atoms with E-state index in [0.29, 0.717) is 34.8 Å². The predicted molar refractivity (Wildman–Crippen MR) is 139 cm³/mol. The molecule has 6 nitrogen and oxygen atoms in total. The number of hydrogen-bond acceptors (Lipinski definition) is 6. The third-order valence-electron chi connectivity index (χ3n) is 6.34. The van der Waals surface area contributed by atoms with Crippen molar-refractivity contribution in [3.63, 3.8) is 0 Å². The number of carbonyl (C=O) groups is 2. The number of amides is 1. The van der Waals surface area contributed by atoms with Gasteiger partial charge in [-0.1, -0.05) is 55.9 Å². The molecule has 0 saturated carbocycles. The first-order chi connectivity index (χ1) is 16.7. The van der Waals surface area contributed by atoms with Crippen LogP contribution >= 0.6 is 11.8 Å². The molecular formula is C28H29N3O3S. The van der Waals surface area contributed by atoms with Gasteiger partial charge < -0.3 is 15.4 Å². The van der Waals surface area contributed by atoms with E-state index in [4.69, 9.17) is 4.74 Å². The molecule has 0 aromatic heterocycles. The number of para-hydroxylation sites is 1. The summed E-state index contributed by atoms with van der Waals surface area (Å²) in [7, 11) is 1.60. The van der Waals surface area contributed by atoms with Gasteiger partial charge in [-0.2, -0.15) is 5.26 Å². The number of thioether (sulfide) groups is 1. The molecule has 2 aromatic carbocycles. The van der Waals surface area contributed by atoms with E-state index in [0.717, 1.165) is 22.5 Å². The summed E-state index contributed by atoms with van der Waals surface area (Å²) in [4.78, 5) is 26.0. The normalized spacial score (nSPS) is 18.9. The van der Waals surface area contributed by atoms with Gasteiger partial charge in [0.1, 0.15) is 5.75 Å². The highest BCUT2D eigenvalue weighted by Crippen LogP contribution is 2.48. The van der Waals surface area contributed by atoms with E-state index in [9.17, 15) is 14.9 Å². The second-order valence-electron chi connectivity index (χ2n) is 9.67. The standard InChI is InChI=1S/C28H29N3O3S/c1-17-7-5-6-8-21(17)30-24(33)16-35-27-20(15-29)25(18-9-11-19(34-4)12-10-18)26-22(31-27)13-28(2,3)14-23(26)32/h5-12,25,31H,13-14,16H2,1-4H3,(H,30,33)/t25-/m1/s1. The fraction of sp³-hybridized carbons (Fsp3) is 0.321. The summed E-state index contributed by atoms with van der Waals surface area (Å²) in [5.41, 5.74) is 4.37. The molecule has 1 heterocycles. The monoisotopic (exact) mass is 487 g/mol. The fourth-order valence-corrected chi connectivity index (χ4v) is 5.52. The molecule has 0 unspecified atom stereocenters. The Morgan fingerprint density at radius 3 is 2.57 bits per heavy atom. The number of Topliss-reactive ketones (excluding diaryl/α,β-unsaturated/α-hetero) is 1. The Kier molecular flexibility index (Phi) is 7.04. The number of nitriles is 1. The molecule has 2 aromatic rings. The first-order valence-electron chi connectivity index (χ1n) is 11.5. The molecule has 180 valence electrons. The maximum Gasteiger partial charge on any atom is 0.234 e. The zero-order chi connectivity index (χ0) is 25.2. The number of nitrogens with zero attached hydrogens (tertiary/aromatic N) is 1. The van der Waals surface area contributed by atoms with Gasteiger partial charge in [-0.3, -0.25) is 9.59 Å². The van der Waals surface area contributed by atoms with Crippen LogP contribution in [0.25, 0.3) is 0 Å². The van der Waals surface area contributed by atoms with E-state index in [1.165, 1.54) is 11.8 Å². The average molecular weight is 488 g/mol. The first-order valence-corrected chi connectivity index (χ1v) is 12.5. The van der Waals surface area contributed by atoms with Crippen LogP contribution in [0.3, 0.4) is 0 Å². The number of nitrogens with one attached hydrogen (secondary N) is 2. The Hall–Kier alpha value is -3.50.